The van der Waals surface area contributed by atoms with Crippen LogP contribution in [0.3, 0.4) is 0 Å². The normalized spacial score (nSPS) is 10.6. The van der Waals surface area contributed by atoms with Crippen molar-refractivity contribution in [3.63, 3.8) is 0 Å². The van der Waals surface area contributed by atoms with Crippen molar-refractivity contribution in [3.05, 3.63) is 41.2 Å². The highest BCUT2D eigenvalue weighted by molar-refractivity contribution is 6.30. The fourth-order valence-corrected chi connectivity index (χ4v) is 1.56. The van der Waals surface area contributed by atoms with Crippen molar-refractivity contribution >= 4 is 11.6 Å². The number of benzene rings is 1. The Kier molecular flexibility index (Phi) is 3.59. The standard InChI is InChI=1S/C12H13ClN2O/c13-10-5-3-9(4-6-10)12-15-11(8-16-12)2-1-7-14/h3-6,8H,1-2,7,14H2. The molecule has 0 bridgehead atoms. The first kappa shape index (κ1) is 11.2. The average Bonchev–Trinajstić information content (AvgIpc) is 2.76. The Morgan fingerprint density at radius 2 is 2.00 bits per heavy atom. The maximum absolute atomic E-state index is 5.81. The molecule has 2 rings (SSSR count). The van der Waals surface area contributed by atoms with Crippen LogP contribution < -0.4 is 5.73 Å². The third kappa shape index (κ3) is 2.62. The molecule has 3 nitrogen and oxygen atoms in total. The van der Waals surface area contributed by atoms with Gasteiger partial charge in [0.15, 0.2) is 0 Å². The summed E-state index contributed by atoms with van der Waals surface area (Å²) in [5.41, 5.74) is 7.31. The molecule has 0 aliphatic heterocycles. The minimum Gasteiger partial charge on any atom is -0.444 e. The van der Waals surface area contributed by atoms with Gasteiger partial charge in [0.2, 0.25) is 5.89 Å². The fraction of sp³-hybridized carbons (Fsp3) is 0.250. The predicted molar refractivity (Wildman–Crippen MR) is 64.3 cm³/mol. The SMILES string of the molecule is NCCCc1coc(-c2ccc(Cl)cc2)n1. The van der Waals surface area contributed by atoms with E-state index in [1.165, 1.54) is 0 Å². The zero-order chi connectivity index (χ0) is 11.4. The van der Waals surface area contributed by atoms with Crippen molar-refractivity contribution in [1.29, 1.82) is 0 Å². The topological polar surface area (TPSA) is 52.0 Å². The number of hydrogen-bond donors (Lipinski definition) is 1. The summed E-state index contributed by atoms with van der Waals surface area (Å²) in [7, 11) is 0. The zero-order valence-corrected chi connectivity index (χ0v) is 9.57. The Labute approximate surface area is 99.2 Å². The molecule has 0 amide bonds. The van der Waals surface area contributed by atoms with E-state index in [4.69, 9.17) is 21.8 Å². The van der Waals surface area contributed by atoms with Crippen molar-refractivity contribution in [3.8, 4) is 11.5 Å². The lowest BCUT2D eigenvalue weighted by atomic mass is 10.2. The third-order valence-electron chi connectivity index (χ3n) is 2.28. The molecule has 0 saturated carbocycles. The highest BCUT2D eigenvalue weighted by Crippen LogP contribution is 2.21. The summed E-state index contributed by atoms with van der Waals surface area (Å²) in [6.07, 6.45) is 3.46. The van der Waals surface area contributed by atoms with Crippen LogP contribution in [0.25, 0.3) is 11.5 Å². The van der Waals surface area contributed by atoms with Crippen LogP contribution in [0.2, 0.25) is 5.02 Å². The van der Waals surface area contributed by atoms with Crippen molar-refractivity contribution in [1.82, 2.24) is 4.98 Å². The van der Waals surface area contributed by atoms with Gasteiger partial charge in [-0.1, -0.05) is 11.6 Å². The summed E-state index contributed by atoms with van der Waals surface area (Å²) in [5, 5.41) is 0.707. The van der Waals surface area contributed by atoms with Gasteiger partial charge in [-0.3, -0.25) is 0 Å². The van der Waals surface area contributed by atoms with Crippen LogP contribution in [0.15, 0.2) is 34.9 Å². The monoisotopic (exact) mass is 236 g/mol. The van der Waals surface area contributed by atoms with Gasteiger partial charge in [0.1, 0.15) is 6.26 Å². The van der Waals surface area contributed by atoms with Crippen LogP contribution in [0.5, 0.6) is 0 Å². The summed E-state index contributed by atoms with van der Waals surface area (Å²) < 4.78 is 5.39. The number of nitrogens with zero attached hydrogens (tertiary/aromatic N) is 1. The second kappa shape index (κ2) is 5.14. The molecule has 0 radical (unpaired) electrons. The zero-order valence-electron chi connectivity index (χ0n) is 8.82. The number of aromatic nitrogens is 1. The van der Waals surface area contributed by atoms with Gasteiger partial charge >= 0.3 is 0 Å². The molecule has 0 atom stereocenters. The number of nitrogens with two attached hydrogens (primary N) is 1. The molecule has 0 spiro atoms. The summed E-state index contributed by atoms with van der Waals surface area (Å²) in [4.78, 5) is 4.38. The summed E-state index contributed by atoms with van der Waals surface area (Å²) in [6, 6.07) is 7.42. The molecule has 0 unspecified atom stereocenters. The van der Waals surface area contributed by atoms with Crippen molar-refractivity contribution in [2.75, 3.05) is 6.54 Å². The Balaban J connectivity index is 2.15. The van der Waals surface area contributed by atoms with E-state index < -0.39 is 0 Å². The van der Waals surface area contributed by atoms with Gasteiger partial charge in [-0.05, 0) is 43.7 Å². The van der Waals surface area contributed by atoms with E-state index in [2.05, 4.69) is 4.98 Å². The molecule has 0 aliphatic rings. The van der Waals surface area contributed by atoms with E-state index in [0.717, 1.165) is 24.1 Å². The van der Waals surface area contributed by atoms with E-state index in [1.54, 1.807) is 6.26 Å². The molecular weight excluding hydrogens is 224 g/mol. The van der Waals surface area contributed by atoms with Crippen molar-refractivity contribution in [2.24, 2.45) is 5.73 Å². The van der Waals surface area contributed by atoms with Crippen LogP contribution in [0.4, 0.5) is 0 Å². The number of rotatable bonds is 4. The number of hydrogen-bond acceptors (Lipinski definition) is 3. The van der Waals surface area contributed by atoms with Crippen LogP contribution in [-0.4, -0.2) is 11.5 Å². The molecule has 0 aliphatic carbocycles. The van der Waals surface area contributed by atoms with Gasteiger partial charge in [0, 0.05) is 10.6 Å². The van der Waals surface area contributed by atoms with Crippen LogP contribution in [0, 0.1) is 0 Å². The fourth-order valence-electron chi connectivity index (χ4n) is 1.43. The average molecular weight is 237 g/mol. The second-order valence-corrected chi connectivity index (χ2v) is 3.98. The van der Waals surface area contributed by atoms with E-state index in [9.17, 15) is 0 Å². The van der Waals surface area contributed by atoms with Crippen LogP contribution in [-0.2, 0) is 6.42 Å². The third-order valence-corrected chi connectivity index (χ3v) is 2.53. The van der Waals surface area contributed by atoms with Crippen molar-refractivity contribution in [2.45, 2.75) is 12.8 Å². The molecule has 84 valence electrons. The number of halogens is 1. The van der Waals surface area contributed by atoms with Gasteiger partial charge in [-0.15, -0.1) is 0 Å². The lowest BCUT2D eigenvalue weighted by molar-refractivity contribution is 0.572. The Bertz CT molecular complexity index is 450. The Hall–Kier alpha value is -1.32. The molecular formula is C12H13ClN2O. The second-order valence-electron chi connectivity index (χ2n) is 3.54. The number of aryl methyl sites for hydroxylation is 1. The van der Waals surface area contributed by atoms with Crippen LogP contribution >= 0.6 is 11.6 Å². The molecule has 2 N–H and O–H groups in total. The Morgan fingerprint density at radius 3 is 2.69 bits per heavy atom. The van der Waals surface area contributed by atoms with Gasteiger partial charge < -0.3 is 10.2 Å². The lowest BCUT2D eigenvalue weighted by Crippen LogP contribution is -2.00. The lowest BCUT2D eigenvalue weighted by Gasteiger charge is -1.94. The highest BCUT2D eigenvalue weighted by atomic mass is 35.5. The van der Waals surface area contributed by atoms with E-state index in [1.807, 2.05) is 24.3 Å². The van der Waals surface area contributed by atoms with Gasteiger partial charge in [0.25, 0.3) is 0 Å². The van der Waals surface area contributed by atoms with Gasteiger partial charge in [-0.25, -0.2) is 4.98 Å². The summed E-state index contributed by atoms with van der Waals surface area (Å²) in [6.45, 7) is 0.670. The Morgan fingerprint density at radius 1 is 1.25 bits per heavy atom. The first-order valence-corrected chi connectivity index (χ1v) is 5.58. The largest absolute Gasteiger partial charge is 0.444 e. The molecule has 1 aromatic carbocycles. The van der Waals surface area contributed by atoms with Crippen molar-refractivity contribution < 1.29 is 4.42 Å². The minimum absolute atomic E-state index is 0.628. The quantitative estimate of drug-likeness (QED) is 0.888. The highest BCUT2D eigenvalue weighted by Gasteiger charge is 2.05. The molecule has 0 saturated heterocycles. The molecule has 16 heavy (non-hydrogen) atoms. The van der Waals surface area contributed by atoms with E-state index >= 15 is 0 Å². The summed E-state index contributed by atoms with van der Waals surface area (Å²) >= 11 is 5.81. The first-order valence-electron chi connectivity index (χ1n) is 5.20. The molecule has 4 heteroatoms. The maximum Gasteiger partial charge on any atom is 0.226 e. The molecule has 1 heterocycles. The minimum atomic E-state index is 0.628. The van der Waals surface area contributed by atoms with E-state index in [0.29, 0.717) is 17.5 Å². The number of oxazole rings is 1. The molecule has 1 aromatic heterocycles. The van der Waals surface area contributed by atoms with Crippen LogP contribution in [0.1, 0.15) is 12.1 Å². The van der Waals surface area contributed by atoms with Gasteiger partial charge in [0.05, 0.1) is 5.69 Å². The molecule has 0 fully saturated rings. The van der Waals surface area contributed by atoms with E-state index in [-0.39, 0.29) is 0 Å². The summed E-state index contributed by atoms with van der Waals surface area (Å²) in [5.74, 6) is 0.628. The smallest absolute Gasteiger partial charge is 0.226 e. The molecule has 2 aromatic rings. The maximum atomic E-state index is 5.81. The first-order chi connectivity index (χ1) is 7.79. The van der Waals surface area contributed by atoms with Gasteiger partial charge in [-0.2, -0.15) is 0 Å². The predicted octanol–water partition coefficient (Wildman–Crippen LogP) is 2.89.